The molecule has 0 spiro atoms. The third-order valence-electron chi connectivity index (χ3n) is 4.03. The molecule has 1 aliphatic heterocycles. The quantitative estimate of drug-likeness (QED) is 0.430. The van der Waals surface area contributed by atoms with Crippen molar-refractivity contribution >= 4 is 72.9 Å². The van der Waals surface area contributed by atoms with Crippen molar-refractivity contribution < 1.29 is 18.0 Å². The lowest BCUT2D eigenvalue weighted by Gasteiger charge is -2.29. The molecule has 1 aliphatic rings. The Bertz CT molecular complexity index is 1190. The number of benzene rings is 2. The fraction of sp³-hybridized carbons (Fsp3) is 0.111. The smallest absolute Gasteiger partial charge is 0.263 e. The van der Waals surface area contributed by atoms with Crippen LogP contribution in [0, 0.1) is 0 Å². The minimum Gasteiger partial charge on any atom is -0.263 e. The molecule has 30 heavy (non-hydrogen) atoms. The van der Waals surface area contributed by atoms with Gasteiger partial charge in [0.1, 0.15) is 5.03 Å². The second-order valence-corrected chi connectivity index (χ2v) is 8.42. The van der Waals surface area contributed by atoms with Gasteiger partial charge in [0, 0.05) is 16.5 Å². The summed E-state index contributed by atoms with van der Waals surface area (Å²) in [6.45, 7) is 0. The lowest BCUT2D eigenvalue weighted by molar-refractivity contribution is -0.169. The Morgan fingerprint density at radius 1 is 1.13 bits per heavy atom. The number of amides is 1. The third-order valence-corrected chi connectivity index (χ3v) is 5.71. The zero-order valence-corrected chi connectivity index (χ0v) is 18.1. The van der Waals surface area contributed by atoms with Gasteiger partial charge in [0.2, 0.25) is 5.17 Å². The maximum atomic E-state index is 13.3. The molecule has 12 heteroatoms. The van der Waals surface area contributed by atoms with Gasteiger partial charge >= 0.3 is 12.1 Å². The Balaban J connectivity index is 1.81. The van der Waals surface area contributed by atoms with Crippen molar-refractivity contribution in [1.29, 1.82) is 0 Å². The van der Waals surface area contributed by atoms with E-state index in [0.717, 1.165) is 11.8 Å². The number of aromatic nitrogens is 2. The van der Waals surface area contributed by atoms with E-state index in [-0.39, 0.29) is 10.9 Å². The van der Waals surface area contributed by atoms with Gasteiger partial charge < -0.3 is 0 Å². The fourth-order valence-corrected chi connectivity index (χ4v) is 4.15. The Morgan fingerprint density at radius 3 is 2.50 bits per heavy atom. The molecule has 0 bridgehead atoms. The van der Waals surface area contributed by atoms with Gasteiger partial charge in [-0.3, -0.25) is 4.79 Å². The van der Waals surface area contributed by atoms with E-state index in [1.54, 1.807) is 18.2 Å². The number of carbonyl (C=O) groups excluding carboxylic acids is 1. The molecule has 2 aromatic carbocycles. The summed E-state index contributed by atoms with van der Waals surface area (Å²) >= 11 is 10.1. The summed E-state index contributed by atoms with van der Waals surface area (Å²) in [4.78, 5) is 21.7. The highest BCUT2D eigenvalue weighted by atomic mass is 79.9. The van der Waals surface area contributed by atoms with Crippen molar-refractivity contribution in [2.45, 2.75) is 11.2 Å². The number of thioether (sulfide) groups is 1. The van der Waals surface area contributed by atoms with Gasteiger partial charge in [-0.05, 0) is 54.2 Å². The molecule has 1 aromatic heterocycles. The van der Waals surface area contributed by atoms with Crippen LogP contribution in [0.5, 0.6) is 0 Å². The molecule has 0 atom stereocenters. The number of fused-ring (bicyclic) bond motifs is 2. The third kappa shape index (κ3) is 3.96. The molecule has 0 radical (unpaired) electrons. The summed E-state index contributed by atoms with van der Waals surface area (Å²) in [6, 6.07) is 10.8. The predicted molar refractivity (Wildman–Crippen MR) is 114 cm³/mol. The number of amidine groups is 1. The van der Waals surface area contributed by atoms with E-state index in [0.29, 0.717) is 36.3 Å². The van der Waals surface area contributed by atoms with Crippen molar-refractivity contribution in [3.63, 3.8) is 0 Å². The first-order chi connectivity index (χ1) is 14.1. The van der Waals surface area contributed by atoms with Crippen LogP contribution in [0.1, 0.15) is 0 Å². The van der Waals surface area contributed by atoms with Crippen molar-refractivity contribution in [2.24, 2.45) is 5.10 Å². The molecule has 0 saturated heterocycles. The number of nitrogens with zero attached hydrogens (tertiary/aromatic N) is 5. The highest BCUT2D eigenvalue weighted by Crippen LogP contribution is 2.37. The van der Waals surface area contributed by atoms with Gasteiger partial charge in [-0.2, -0.15) is 13.2 Å². The van der Waals surface area contributed by atoms with Gasteiger partial charge in [0.15, 0.2) is 5.82 Å². The molecule has 0 fully saturated rings. The van der Waals surface area contributed by atoms with Crippen LogP contribution in [-0.4, -0.2) is 34.3 Å². The summed E-state index contributed by atoms with van der Waals surface area (Å²) < 4.78 is 40.7. The minimum atomic E-state index is -5.10. The highest BCUT2D eigenvalue weighted by molar-refractivity contribution is 9.10. The number of alkyl halides is 3. The fourth-order valence-electron chi connectivity index (χ4n) is 2.69. The molecule has 0 aliphatic carbocycles. The Labute approximate surface area is 185 Å². The Morgan fingerprint density at radius 2 is 1.83 bits per heavy atom. The van der Waals surface area contributed by atoms with Crippen molar-refractivity contribution in [2.75, 3.05) is 17.0 Å². The van der Waals surface area contributed by atoms with Gasteiger partial charge in [-0.25, -0.2) is 19.9 Å². The largest absolute Gasteiger partial charge is 0.472 e. The van der Waals surface area contributed by atoms with E-state index < -0.39 is 12.1 Å². The summed E-state index contributed by atoms with van der Waals surface area (Å²) in [5.74, 6) is -1.71. The van der Waals surface area contributed by atoms with Crippen molar-refractivity contribution in [1.82, 2.24) is 9.97 Å². The standard InChI is InChI=1S/C18H10BrClF3N5OS/c1-27-14-15(25-13-8-10(20)4-7-12(13)24-14)30-17(26-27)28(16(29)18(21,22)23)11-5-2-9(19)3-6-11/h2-8H,1H3. The summed E-state index contributed by atoms with van der Waals surface area (Å²) in [7, 11) is 1.52. The van der Waals surface area contributed by atoms with E-state index in [9.17, 15) is 18.0 Å². The van der Waals surface area contributed by atoms with Crippen LogP contribution in [0.25, 0.3) is 11.0 Å². The summed E-state index contributed by atoms with van der Waals surface area (Å²) in [5.41, 5.74) is 1.04. The summed E-state index contributed by atoms with van der Waals surface area (Å²) in [6.07, 6.45) is -5.10. The van der Waals surface area contributed by atoms with Gasteiger partial charge in [0.05, 0.1) is 16.7 Å². The molecular weight excluding hydrogens is 507 g/mol. The molecule has 2 heterocycles. The van der Waals surface area contributed by atoms with Crippen molar-refractivity contribution in [3.8, 4) is 0 Å². The van der Waals surface area contributed by atoms with Gasteiger partial charge in [0.25, 0.3) is 0 Å². The van der Waals surface area contributed by atoms with Crippen LogP contribution in [0.4, 0.5) is 24.7 Å². The first-order valence-corrected chi connectivity index (χ1v) is 10.3. The van der Waals surface area contributed by atoms with Crippen LogP contribution in [-0.2, 0) is 4.79 Å². The molecule has 0 saturated carbocycles. The highest BCUT2D eigenvalue weighted by Gasteiger charge is 2.46. The molecular formula is C18H10BrClF3N5OS. The van der Waals surface area contributed by atoms with E-state index in [4.69, 9.17) is 11.6 Å². The molecule has 6 nitrogen and oxygen atoms in total. The summed E-state index contributed by atoms with van der Waals surface area (Å²) in [5, 5.41) is 5.99. The van der Waals surface area contributed by atoms with Gasteiger partial charge in [-0.1, -0.05) is 27.5 Å². The zero-order valence-electron chi connectivity index (χ0n) is 15.0. The molecule has 0 unspecified atom stereocenters. The number of hydrogen-bond acceptors (Lipinski definition) is 6. The molecule has 3 aromatic rings. The number of rotatable bonds is 1. The van der Waals surface area contributed by atoms with Crippen LogP contribution < -0.4 is 9.91 Å². The average Bonchev–Trinajstić information content (AvgIpc) is 2.67. The van der Waals surface area contributed by atoms with Crippen LogP contribution in [0.15, 0.2) is 57.1 Å². The second-order valence-electron chi connectivity index (χ2n) is 6.11. The molecule has 1 amide bonds. The predicted octanol–water partition coefficient (Wildman–Crippen LogP) is 5.45. The normalized spacial score (nSPS) is 13.8. The number of anilines is 2. The van der Waals surface area contributed by atoms with Crippen molar-refractivity contribution in [3.05, 3.63) is 52.0 Å². The number of carbonyl (C=O) groups is 1. The number of hydrazone groups is 1. The first-order valence-electron chi connectivity index (χ1n) is 8.28. The zero-order chi connectivity index (χ0) is 21.6. The average molecular weight is 517 g/mol. The Hall–Kier alpha value is -2.37. The number of hydrogen-bond donors (Lipinski definition) is 0. The number of halogens is 5. The monoisotopic (exact) mass is 515 g/mol. The molecule has 0 N–H and O–H groups in total. The second kappa shape index (κ2) is 7.71. The lowest BCUT2D eigenvalue weighted by atomic mass is 10.3. The lowest BCUT2D eigenvalue weighted by Crippen LogP contribution is -2.45. The van der Waals surface area contributed by atoms with E-state index >= 15 is 0 Å². The maximum absolute atomic E-state index is 13.3. The van der Waals surface area contributed by atoms with E-state index in [2.05, 4.69) is 31.0 Å². The van der Waals surface area contributed by atoms with E-state index in [1.165, 1.54) is 36.3 Å². The Kier molecular flexibility index (Phi) is 5.37. The first kappa shape index (κ1) is 20.9. The maximum Gasteiger partial charge on any atom is 0.472 e. The minimum absolute atomic E-state index is 0.0143. The SMILES string of the molecule is CN1N=C(N(C(=O)C(F)(F)F)c2ccc(Br)cc2)Sc2nc3cc(Cl)ccc3nc21. The molecule has 4 rings (SSSR count). The molecule has 154 valence electrons. The van der Waals surface area contributed by atoms with Gasteiger partial charge in [-0.15, -0.1) is 5.10 Å². The van der Waals surface area contributed by atoms with E-state index in [1.807, 2.05) is 0 Å². The van der Waals surface area contributed by atoms with Crippen LogP contribution in [0.2, 0.25) is 5.02 Å². The van der Waals surface area contributed by atoms with Crippen LogP contribution >= 0.6 is 39.3 Å². The topological polar surface area (TPSA) is 61.7 Å². The van der Waals surface area contributed by atoms with Crippen LogP contribution in [0.3, 0.4) is 0 Å².